The Morgan fingerprint density at radius 3 is 2.33 bits per heavy atom. The van der Waals surface area contributed by atoms with E-state index in [1.165, 1.54) is 4.90 Å². The number of aliphatic carboxylic acids is 1. The van der Waals surface area contributed by atoms with E-state index >= 15 is 0 Å². The minimum atomic E-state index is -0.886. The first kappa shape index (κ1) is 17.0. The molecule has 3 rings (SSSR count). The van der Waals surface area contributed by atoms with Gasteiger partial charge < -0.3 is 14.9 Å². The molecule has 128 valence electrons. The molecule has 0 radical (unpaired) electrons. The number of carboxylic acid groups (broad SMARTS) is 1. The molecule has 1 aromatic rings. The Kier molecular flexibility index (Phi) is 4.69. The summed E-state index contributed by atoms with van der Waals surface area (Å²) < 4.78 is 0. The van der Waals surface area contributed by atoms with Crippen LogP contribution < -0.4 is 4.90 Å². The predicted molar refractivity (Wildman–Crippen MR) is 89.2 cm³/mol. The van der Waals surface area contributed by atoms with Crippen molar-refractivity contribution >= 4 is 46.7 Å². The van der Waals surface area contributed by atoms with Crippen molar-refractivity contribution in [3.8, 4) is 0 Å². The van der Waals surface area contributed by atoms with Crippen molar-refractivity contribution in [2.45, 2.75) is 12.8 Å². The number of amides is 2. The maximum Gasteiger partial charge on any atom is 0.308 e. The third-order valence-corrected chi connectivity index (χ3v) is 4.92. The Hall–Kier alpha value is -1.79. The SMILES string of the molecule is O=C(O)C1CCN(C(=O)C2CC(=O)N(c3cc(Cl)cc(Cl)c3)C2)C1. The summed E-state index contributed by atoms with van der Waals surface area (Å²) in [5, 5.41) is 9.88. The van der Waals surface area contributed by atoms with Gasteiger partial charge in [0.15, 0.2) is 0 Å². The van der Waals surface area contributed by atoms with Crippen molar-refractivity contribution < 1.29 is 19.5 Å². The zero-order chi connectivity index (χ0) is 17.4. The summed E-state index contributed by atoms with van der Waals surface area (Å²) in [4.78, 5) is 38.9. The Labute approximate surface area is 148 Å². The number of likely N-dealkylation sites (tertiary alicyclic amines) is 1. The standard InChI is InChI=1S/C16H16Cl2N2O4/c17-11-4-12(18)6-13(5-11)20-8-10(3-14(20)21)15(22)19-2-1-9(7-19)16(23)24/h4-6,9-10H,1-3,7-8H2,(H,23,24). The second-order valence-corrected chi connectivity index (χ2v) is 7.01. The summed E-state index contributed by atoms with van der Waals surface area (Å²) in [6.45, 7) is 0.883. The Morgan fingerprint density at radius 1 is 1.08 bits per heavy atom. The molecular weight excluding hydrogens is 355 g/mol. The van der Waals surface area contributed by atoms with Gasteiger partial charge in [-0.3, -0.25) is 14.4 Å². The van der Waals surface area contributed by atoms with Gasteiger partial charge in [-0.05, 0) is 24.6 Å². The fourth-order valence-corrected chi connectivity index (χ4v) is 3.75. The van der Waals surface area contributed by atoms with Gasteiger partial charge in [0.2, 0.25) is 11.8 Å². The number of carbonyl (C=O) groups is 3. The molecule has 8 heteroatoms. The van der Waals surface area contributed by atoms with Crippen LogP contribution in [0.5, 0.6) is 0 Å². The van der Waals surface area contributed by atoms with Gasteiger partial charge in [0.1, 0.15) is 0 Å². The maximum absolute atomic E-state index is 12.6. The number of hydrogen-bond donors (Lipinski definition) is 1. The van der Waals surface area contributed by atoms with Crippen LogP contribution in [0, 0.1) is 11.8 Å². The molecule has 2 fully saturated rings. The number of carboxylic acids is 1. The minimum absolute atomic E-state index is 0.108. The smallest absolute Gasteiger partial charge is 0.308 e. The average Bonchev–Trinajstić information content (AvgIpc) is 3.12. The largest absolute Gasteiger partial charge is 0.481 e. The van der Waals surface area contributed by atoms with E-state index in [4.69, 9.17) is 28.3 Å². The molecule has 1 N–H and O–H groups in total. The molecule has 2 unspecified atom stereocenters. The molecule has 6 nitrogen and oxygen atoms in total. The highest BCUT2D eigenvalue weighted by molar-refractivity contribution is 6.35. The summed E-state index contributed by atoms with van der Waals surface area (Å²) in [6.07, 6.45) is 0.562. The van der Waals surface area contributed by atoms with E-state index in [9.17, 15) is 14.4 Å². The molecule has 0 aromatic heterocycles. The fraction of sp³-hybridized carbons (Fsp3) is 0.438. The van der Waals surface area contributed by atoms with Crippen molar-refractivity contribution in [3.05, 3.63) is 28.2 Å². The molecule has 2 saturated heterocycles. The van der Waals surface area contributed by atoms with Crippen LogP contribution in [0.1, 0.15) is 12.8 Å². The van der Waals surface area contributed by atoms with Crippen LogP contribution in [0.15, 0.2) is 18.2 Å². The highest BCUT2D eigenvalue weighted by Gasteiger charge is 2.40. The molecule has 1 aromatic carbocycles. The van der Waals surface area contributed by atoms with Crippen molar-refractivity contribution in [2.24, 2.45) is 11.8 Å². The number of benzene rings is 1. The van der Waals surface area contributed by atoms with E-state index in [0.717, 1.165) is 0 Å². The third kappa shape index (κ3) is 3.35. The zero-order valence-electron chi connectivity index (χ0n) is 12.7. The van der Waals surface area contributed by atoms with Gasteiger partial charge in [-0.25, -0.2) is 0 Å². The van der Waals surface area contributed by atoms with Crippen LogP contribution in [-0.4, -0.2) is 47.4 Å². The molecule has 0 spiro atoms. The molecule has 0 bridgehead atoms. The van der Waals surface area contributed by atoms with Crippen molar-refractivity contribution in [3.63, 3.8) is 0 Å². The van der Waals surface area contributed by atoms with Gasteiger partial charge in [0.05, 0.1) is 11.8 Å². The monoisotopic (exact) mass is 370 g/mol. The molecule has 2 atom stereocenters. The Balaban J connectivity index is 1.70. The van der Waals surface area contributed by atoms with E-state index in [1.807, 2.05) is 0 Å². The van der Waals surface area contributed by atoms with Crippen LogP contribution in [0.2, 0.25) is 10.0 Å². The van der Waals surface area contributed by atoms with E-state index < -0.39 is 17.8 Å². The van der Waals surface area contributed by atoms with E-state index in [0.29, 0.717) is 28.7 Å². The number of rotatable bonds is 3. The molecular formula is C16H16Cl2N2O4. The highest BCUT2D eigenvalue weighted by atomic mass is 35.5. The predicted octanol–water partition coefficient (Wildman–Crippen LogP) is 2.28. The molecule has 0 aliphatic carbocycles. The molecule has 2 aliphatic heterocycles. The lowest BCUT2D eigenvalue weighted by molar-refractivity contribution is -0.141. The van der Waals surface area contributed by atoms with E-state index in [2.05, 4.69) is 0 Å². The molecule has 0 saturated carbocycles. The van der Waals surface area contributed by atoms with Crippen molar-refractivity contribution in [1.82, 2.24) is 4.90 Å². The fourth-order valence-electron chi connectivity index (χ4n) is 3.24. The normalized spacial score (nSPS) is 23.8. The van der Waals surface area contributed by atoms with Crippen molar-refractivity contribution in [2.75, 3.05) is 24.5 Å². The van der Waals surface area contributed by atoms with Crippen LogP contribution in [0.4, 0.5) is 5.69 Å². The van der Waals surface area contributed by atoms with Gasteiger partial charge in [-0.1, -0.05) is 23.2 Å². The second kappa shape index (κ2) is 6.61. The average molecular weight is 371 g/mol. The first-order chi connectivity index (χ1) is 11.3. The molecule has 24 heavy (non-hydrogen) atoms. The second-order valence-electron chi connectivity index (χ2n) is 6.14. The summed E-state index contributed by atoms with van der Waals surface area (Å²) in [6, 6.07) is 4.84. The van der Waals surface area contributed by atoms with Crippen LogP contribution in [0.3, 0.4) is 0 Å². The number of carbonyl (C=O) groups excluding carboxylic acids is 2. The van der Waals surface area contributed by atoms with Gasteiger partial charge in [0, 0.05) is 41.8 Å². The number of halogens is 2. The lowest BCUT2D eigenvalue weighted by Crippen LogP contribution is -2.36. The van der Waals surface area contributed by atoms with Gasteiger partial charge in [0.25, 0.3) is 0 Å². The summed E-state index contributed by atoms with van der Waals surface area (Å²) in [5.74, 6) is -2.21. The molecule has 2 aliphatic rings. The molecule has 2 heterocycles. The summed E-state index contributed by atoms with van der Waals surface area (Å²) in [5.41, 5.74) is 0.567. The van der Waals surface area contributed by atoms with E-state index in [-0.39, 0.29) is 31.3 Å². The summed E-state index contributed by atoms with van der Waals surface area (Å²) >= 11 is 11.9. The van der Waals surface area contributed by atoms with E-state index in [1.54, 1.807) is 23.1 Å². The van der Waals surface area contributed by atoms with Crippen LogP contribution >= 0.6 is 23.2 Å². The number of nitrogens with zero attached hydrogens (tertiary/aromatic N) is 2. The van der Waals surface area contributed by atoms with Crippen LogP contribution in [0.25, 0.3) is 0 Å². The zero-order valence-corrected chi connectivity index (χ0v) is 14.3. The quantitative estimate of drug-likeness (QED) is 0.884. The summed E-state index contributed by atoms with van der Waals surface area (Å²) in [7, 11) is 0. The topological polar surface area (TPSA) is 77.9 Å². The highest BCUT2D eigenvalue weighted by Crippen LogP contribution is 2.31. The van der Waals surface area contributed by atoms with Gasteiger partial charge in [-0.2, -0.15) is 0 Å². The Morgan fingerprint density at radius 2 is 1.75 bits per heavy atom. The number of anilines is 1. The first-order valence-electron chi connectivity index (χ1n) is 7.63. The van der Waals surface area contributed by atoms with Crippen LogP contribution in [-0.2, 0) is 14.4 Å². The van der Waals surface area contributed by atoms with Gasteiger partial charge >= 0.3 is 5.97 Å². The third-order valence-electron chi connectivity index (χ3n) is 4.48. The maximum atomic E-state index is 12.6. The van der Waals surface area contributed by atoms with Crippen molar-refractivity contribution in [1.29, 1.82) is 0 Å². The lowest BCUT2D eigenvalue weighted by Gasteiger charge is -2.21. The van der Waals surface area contributed by atoms with Gasteiger partial charge in [-0.15, -0.1) is 0 Å². The lowest BCUT2D eigenvalue weighted by atomic mass is 10.1. The minimum Gasteiger partial charge on any atom is -0.481 e. The first-order valence-corrected chi connectivity index (χ1v) is 8.39. The number of hydrogen-bond acceptors (Lipinski definition) is 3. The Bertz CT molecular complexity index is 689. The molecule has 2 amide bonds.